The summed E-state index contributed by atoms with van der Waals surface area (Å²) in [5.74, 6) is 1.04. The summed E-state index contributed by atoms with van der Waals surface area (Å²) < 4.78 is 2.44. The number of hydrogen-bond donors (Lipinski definition) is 2. The van der Waals surface area contributed by atoms with Crippen molar-refractivity contribution in [2.24, 2.45) is 5.92 Å². The molecule has 0 aliphatic carbocycles. The number of para-hydroxylation sites is 1. The van der Waals surface area contributed by atoms with Crippen LogP contribution in [0.4, 0.5) is 11.5 Å². The first kappa shape index (κ1) is 26.7. The summed E-state index contributed by atoms with van der Waals surface area (Å²) in [7, 11) is 0. The highest BCUT2D eigenvalue weighted by molar-refractivity contribution is 9.10. The molecule has 0 atom stereocenters. The second kappa shape index (κ2) is 12.3. The number of rotatable bonds is 9. The Labute approximate surface area is 238 Å². The van der Waals surface area contributed by atoms with Crippen molar-refractivity contribution in [3.8, 4) is 5.69 Å². The quantitative estimate of drug-likeness (QED) is 0.236. The number of pyridine rings is 1. The van der Waals surface area contributed by atoms with Gasteiger partial charge in [-0.3, -0.25) is 9.78 Å². The zero-order valence-corrected chi connectivity index (χ0v) is 23.7. The Bertz CT molecular complexity index is 1430. The number of nitrogens with zero attached hydrogens (tertiary/aromatic N) is 4. The number of nitrogens with one attached hydrogen (secondary N) is 2. The smallest absolute Gasteiger partial charge is 0.257 e. The van der Waals surface area contributed by atoms with E-state index in [-0.39, 0.29) is 5.91 Å². The van der Waals surface area contributed by atoms with Gasteiger partial charge in [-0.1, -0.05) is 43.0 Å². The van der Waals surface area contributed by atoms with E-state index >= 15 is 0 Å². The van der Waals surface area contributed by atoms with E-state index in [1.165, 1.54) is 5.69 Å². The highest BCUT2D eigenvalue weighted by Gasteiger charge is 2.23. The molecule has 0 unspecified atom stereocenters. The largest absolute Gasteiger partial charge is 0.384 e. The Balaban J connectivity index is 1.25. The van der Waals surface area contributed by atoms with E-state index < -0.39 is 0 Å². The van der Waals surface area contributed by atoms with Crippen LogP contribution in [0.1, 0.15) is 40.9 Å². The lowest BCUT2D eigenvalue weighted by Crippen LogP contribution is -2.34. The van der Waals surface area contributed by atoms with E-state index in [1.807, 2.05) is 73.9 Å². The number of aromatic nitrogens is 3. The molecule has 200 valence electrons. The van der Waals surface area contributed by atoms with Crippen LogP contribution in [0.25, 0.3) is 11.4 Å². The van der Waals surface area contributed by atoms with Crippen molar-refractivity contribution >= 4 is 39.0 Å². The summed E-state index contributed by atoms with van der Waals surface area (Å²) in [6.07, 6.45) is 7.11. The number of amides is 1. The lowest BCUT2D eigenvalue weighted by atomic mass is 9.93. The highest BCUT2D eigenvalue weighted by Crippen LogP contribution is 2.33. The maximum absolute atomic E-state index is 13.2. The van der Waals surface area contributed by atoms with Crippen LogP contribution in [0.5, 0.6) is 0 Å². The van der Waals surface area contributed by atoms with E-state index in [2.05, 4.69) is 55.2 Å². The van der Waals surface area contributed by atoms with E-state index in [0.717, 1.165) is 55.8 Å². The predicted octanol–water partition coefficient (Wildman–Crippen LogP) is 6.46. The van der Waals surface area contributed by atoms with Gasteiger partial charge in [0, 0.05) is 43.3 Å². The number of aryl methyl sites for hydroxylation is 1. The maximum atomic E-state index is 13.2. The summed E-state index contributed by atoms with van der Waals surface area (Å²) in [5, 5.41) is 11.4. The van der Waals surface area contributed by atoms with Crippen molar-refractivity contribution in [1.82, 2.24) is 20.1 Å². The third-order valence-electron chi connectivity index (χ3n) is 7.27. The number of halogens is 1. The molecule has 0 spiro atoms. The third kappa shape index (κ3) is 6.23. The summed E-state index contributed by atoms with van der Waals surface area (Å²) in [6.45, 7) is 9.14. The molecule has 4 aromatic rings. The van der Waals surface area contributed by atoms with Gasteiger partial charge in [-0.25, -0.2) is 4.68 Å². The van der Waals surface area contributed by atoms with Crippen LogP contribution >= 0.6 is 15.9 Å². The Morgan fingerprint density at radius 1 is 1.00 bits per heavy atom. The van der Waals surface area contributed by atoms with Crippen LogP contribution in [0, 0.1) is 12.8 Å². The molecule has 2 N–H and O–H groups in total. The molecule has 1 aliphatic heterocycles. The SMILES string of the molecule is C=C(NCCC1CCN(c2ccncc2)CC1)c1nn(-c2ccccc2)c(NC(=O)c2ccccc2C)c1Br. The number of carbonyl (C=O) groups excluding carboxylic acids is 1. The van der Waals surface area contributed by atoms with Crippen LogP contribution in [0.2, 0.25) is 0 Å². The molecule has 7 nitrogen and oxygen atoms in total. The standard InChI is InChI=1S/C31H33BrN6O/c1-22-8-6-7-11-27(22)31(39)35-30-28(32)29(36-38(30)26-9-4-3-5-10-26)23(2)34-19-12-24-15-20-37(21-16-24)25-13-17-33-18-14-25/h3-11,13-14,17-18,24,34H,2,12,15-16,19-21H2,1H3,(H,35,39). The number of carbonyl (C=O) groups is 1. The first-order valence-electron chi connectivity index (χ1n) is 13.3. The number of benzene rings is 2. The van der Waals surface area contributed by atoms with Gasteiger partial charge in [-0.05, 0) is 83.9 Å². The second-order valence-electron chi connectivity index (χ2n) is 9.86. The molecule has 2 aromatic carbocycles. The fourth-order valence-electron chi connectivity index (χ4n) is 5.00. The Morgan fingerprint density at radius 3 is 2.41 bits per heavy atom. The van der Waals surface area contributed by atoms with E-state index in [1.54, 1.807) is 4.68 Å². The fourth-order valence-corrected chi connectivity index (χ4v) is 5.59. The normalized spacial score (nSPS) is 13.7. The minimum absolute atomic E-state index is 0.186. The van der Waals surface area contributed by atoms with Gasteiger partial charge in [0.2, 0.25) is 0 Å². The molecule has 1 aliphatic rings. The average Bonchev–Trinajstić information content (AvgIpc) is 3.30. The molecule has 5 rings (SSSR count). The van der Waals surface area contributed by atoms with Crippen molar-refractivity contribution in [3.05, 3.63) is 107 Å². The molecule has 8 heteroatoms. The minimum Gasteiger partial charge on any atom is -0.384 e. The third-order valence-corrected chi connectivity index (χ3v) is 8.02. The molecule has 2 aromatic heterocycles. The molecule has 1 saturated heterocycles. The highest BCUT2D eigenvalue weighted by atomic mass is 79.9. The molecule has 1 amide bonds. The molecular formula is C31H33BrN6O. The summed E-state index contributed by atoms with van der Waals surface area (Å²) >= 11 is 3.71. The topological polar surface area (TPSA) is 75.1 Å². The lowest BCUT2D eigenvalue weighted by Gasteiger charge is -2.33. The van der Waals surface area contributed by atoms with E-state index in [9.17, 15) is 4.79 Å². The molecule has 0 bridgehead atoms. The van der Waals surface area contributed by atoms with Crippen LogP contribution in [0.15, 0.2) is 90.2 Å². The zero-order valence-electron chi connectivity index (χ0n) is 22.1. The fraction of sp³-hybridized carbons (Fsp3) is 0.258. The Kier molecular flexibility index (Phi) is 8.42. The first-order chi connectivity index (χ1) is 19.0. The number of piperidine rings is 1. The van der Waals surface area contributed by atoms with Crippen LogP contribution in [-0.2, 0) is 0 Å². The molecule has 0 radical (unpaired) electrons. The minimum atomic E-state index is -0.186. The molecule has 0 saturated carbocycles. The van der Waals surface area contributed by atoms with Crippen molar-refractivity contribution in [2.45, 2.75) is 26.2 Å². The summed E-state index contributed by atoms with van der Waals surface area (Å²) in [4.78, 5) is 19.8. The van der Waals surface area contributed by atoms with E-state index in [0.29, 0.717) is 27.5 Å². The van der Waals surface area contributed by atoms with Gasteiger partial charge < -0.3 is 15.5 Å². The van der Waals surface area contributed by atoms with Crippen molar-refractivity contribution in [1.29, 1.82) is 0 Å². The zero-order chi connectivity index (χ0) is 27.2. The van der Waals surface area contributed by atoms with Crippen LogP contribution < -0.4 is 15.5 Å². The predicted molar refractivity (Wildman–Crippen MR) is 161 cm³/mol. The molecule has 1 fully saturated rings. The van der Waals surface area contributed by atoms with Gasteiger partial charge in [0.15, 0.2) is 5.82 Å². The second-order valence-corrected chi connectivity index (χ2v) is 10.7. The van der Waals surface area contributed by atoms with Crippen molar-refractivity contribution in [3.63, 3.8) is 0 Å². The summed E-state index contributed by atoms with van der Waals surface area (Å²) in [6, 6.07) is 21.5. The van der Waals surface area contributed by atoms with Gasteiger partial charge in [0.1, 0.15) is 5.69 Å². The Hall–Kier alpha value is -3.91. The van der Waals surface area contributed by atoms with Gasteiger partial charge in [-0.2, -0.15) is 5.10 Å². The summed E-state index contributed by atoms with van der Waals surface area (Å²) in [5.41, 5.74) is 5.02. The first-order valence-corrected chi connectivity index (χ1v) is 14.1. The van der Waals surface area contributed by atoms with Crippen molar-refractivity contribution in [2.75, 3.05) is 29.9 Å². The van der Waals surface area contributed by atoms with E-state index in [4.69, 9.17) is 5.10 Å². The molecule has 39 heavy (non-hydrogen) atoms. The Morgan fingerprint density at radius 2 is 1.69 bits per heavy atom. The monoisotopic (exact) mass is 584 g/mol. The molecule has 3 heterocycles. The van der Waals surface area contributed by atoms with Crippen LogP contribution in [-0.4, -0.2) is 40.3 Å². The van der Waals surface area contributed by atoms with Gasteiger partial charge in [0.25, 0.3) is 5.91 Å². The number of hydrogen-bond acceptors (Lipinski definition) is 5. The van der Waals surface area contributed by atoms with Crippen LogP contribution in [0.3, 0.4) is 0 Å². The lowest BCUT2D eigenvalue weighted by molar-refractivity contribution is 0.102. The molecular weight excluding hydrogens is 552 g/mol. The van der Waals surface area contributed by atoms with Gasteiger partial charge in [-0.15, -0.1) is 0 Å². The average molecular weight is 586 g/mol. The van der Waals surface area contributed by atoms with Gasteiger partial charge in [0.05, 0.1) is 15.9 Å². The van der Waals surface area contributed by atoms with Crippen molar-refractivity contribution < 1.29 is 4.79 Å². The number of anilines is 2. The van der Waals surface area contributed by atoms with Gasteiger partial charge >= 0.3 is 0 Å². The maximum Gasteiger partial charge on any atom is 0.257 e.